The number of nitrogens with one attached hydrogen (secondary N) is 1. The van der Waals surface area contributed by atoms with E-state index in [0.29, 0.717) is 13.2 Å². The number of rotatable bonds is 11. The Hall–Kier alpha value is -0.420. The van der Waals surface area contributed by atoms with Gasteiger partial charge in [0.05, 0.1) is 12.7 Å². The Morgan fingerprint density at radius 3 is 2.84 bits per heavy atom. The highest BCUT2D eigenvalue weighted by Crippen LogP contribution is 2.14. The molecule has 0 saturated carbocycles. The van der Waals surface area contributed by atoms with Crippen LogP contribution in [0.3, 0.4) is 0 Å². The molecule has 1 rings (SSSR count). The lowest BCUT2D eigenvalue weighted by Gasteiger charge is -2.12. The number of hydrogen-bond acceptors (Lipinski definition) is 4. The number of aryl methyl sites for hydroxylation is 1. The van der Waals surface area contributed by atoms with Crippen LogP contribution in [0, 0.1) is 6.92 Å². The van der Waals surface area contributed by atoms with Gasteiger partial charge in [0.25, 0.3) is 0 Å². The van der Waals surface area contributed by atoms with E-state index in [9.17, 15) is 5.11 Å². The Labute approximate surface area is 121 Å². The van der Waals surface area contributed by atoms with Gasteiger partial charge in [0.1, 0.15) is 0 Å². The number of aliphatic hydroxyl groups is 1. The Bertz CT molecular complexity index is 328. The Morgan fingerprint density at radius 2 is 2.16 bits per heavy atom. The molecule has 19 heavy (non-hydrogen) atoms. The van der Waals surface area contributed by atoms with Gasteiger partial charge >= 0.3 is 0 Å². The van der Waals surface area contributed by atoms with Crippen molar-refractivity contribution in [2.24, 2.45) is 0 Å². The predicted molar refractivity (Wildman–Crippen MR) is 81.7 cm³/mol. The monoisotopic (exact) mass is 285 g/mol. The lowest BCUT2D eigenvalue weighted by molar-refractivity contribution is 0.0353. The maximum absolute atomic E-state index is 9.75. The van der Waals surface area contributed by atoms with Crippen molar-refractivity contribution in [2.75, 3.05) is 19.8 Å². The highest BCUT2D eigenvalue weighted by Gasteiger charge is 2.04. The van der Waals surface area contributed by atoms with Gasteiger partial charge in [-0.2, -0.15) is 0 Å². The van der Waals surface area contributed by atoms with Crippen molar-refractivity contribution in [1.29, 1.82) is 0 Å². The first kappa shape index (κ1) is 16.6. The summed E-state index contributed by atoms with van der Waals surface area (Å²) in [6.07, 6.45) is 4.43. The topological polar surface area (TPSA) is 41.5 Å². The van der Waals surface area contributed by atoms with Crippen molar-refractivity contribution in [3.63, 3.8) is 0 Å². The molecule has 0 fully saturated rings. The Morgan fingerprint density at radius 1 is 1.32 bits per heavy atom. The molecule has 1 aromatic rings. The van der Waals surface area contributed by atoms with Crippen molar-refractivity contribution in [2.45, 2.75) is 52.2 Å². The number of aliphatic hydroxyl groups excluding tert-OH is 1. The van der Waals surface area contributed by atoms with Crippen molar-refractivity contribution in [3.8, 4) is 0 Å². The van der Waals surface area contributed by atoms with E-state index in [4.69, 9.17) is 4.74 Å². The second kappa shape index (κ2) is 10.4. The maximum Gasteiger partial charge on any atom is 0.0897 e. The van der Waals surface area contributed by atoms with Crippen LogP contribution in [0.15, 0.2) is 12.1 Å². The number of ether oxygens (including phenoxy) is 1. The molecule has 1 unspecified atom stereocenters. The van der Waals surface area contributed by atoms with Crippen LogP contribution in [0.1, 0.15) is 42.4 Å². The van der Waals surface area contributed by atoms with Crippen molar-refractivity contribution in [3.05, 3.63) is 21.9 Å². The molecule has 1 atom stereocenters. The summed E-state index contributed by atoms with van der Waals surface area (Å²) in [5.74, 6) is 0. The van der Waals surface area contributed by atoms with Crippen LogP contribution >= 0.6 is 11.3 Å². The van der Waals surface area contributed by atoms with Gasteiger partial charge in [-0.05, 0) is 25.5 Å². The first-order valence-electron chi connectivity index (χ1n) is 7.24. The van der Waals surface area contributed by atoms with E-state index in [-0.39, 0.29) is 0 Å². The van der Waals surface area contributed by atoms with Gasteiger partial charge in [0.2, 0.25) is 0 Å². The number of unbranched alkanes of at least 4 members (excludes halogenated alkanes) is 3. The molecule has 3 nitrogen and oxygen atoms in total. The first-order valence-corrected chi connectivity index (χ1v) is 8.06. The molecule has 0 aliphatic heterocycles. The normalized spacial score (nSPS) is 12.8. The second-order valence-electron chi connectivity index (χ2n) is 4.93. The summed E-state index contributed by atoms with van der Waals surface area (Å²) < 4.78 is 5.46. The minimum atomic E-state index is -0.410. The van der Waals surface area contributed by atoms with Crippen LogP contribution in [0.5, 0.6) is 0 Å². The fourth-order valence-corrected chi connectivity index (χ4v) is 2.71. The molecule has 0 aromatic carbocycles. The van der Waals surface area contributed by atoms with Crippen molar-refractivity contribution < 1.29 is 9.84 Å². The highest BCUT2D eigenvalue weighted by atomic mass is 32.1. The number of thiophene rings is 1. The maximum atomic E-state index is 9.75. The fourth-order valence-electron chi connectivity index (χ4n) is 1.85. The summed E-state index contributed by atoms with van der Waals surface area (Å²) in [4.78, 5) is 2.64. The van der Waals surface area contributed by atoms with Crippen LogP contribution in [0.2, 0.25) is 0 Å². The van der Waals surface area contributed by atoms with Gasteiger partial charge in [-0.15, -0.1) is 11.3 Å². The predicted octanol–water partition coefficient (Wildman–Crippen LogP) is 3.10. The third-order valence-corrected chi connectivity index (χ3v) is 3.93. The smallest absolute Gasteiger partial charge is 0.0897 e. The first-order chi connectivity index (χ1) is 9.22. The molecular weight excluding hydrogens is 258 g/mol. The van der Waals surface area contributed by atoms with Gasteiger partial charge in [-0.3, -0.25) is 0 Å². The average Bonchev–Trinajstić information content (AvgIpc) is 2.79. The lowest BCUT2D eigenvalue weighted by Crippen LogP contribution is -2.30. The van der Waals surface area contributed by atoms with Crippen LogP contribution in [0.25, 0.3) is 0 Å². The lowest BCUT2D eigenvalue weighted by atomic mass is 10.2. The Kier molecular flexibility index (Phi) is 9.08. The van der Waals surface area contributed by atoms with Gasteiger partial charge < -0.3 is 15.2 Å². The molecule has 0 aliphatic rings. The quantitative estimate of drug-likeness (QED) is 0.614. The molecular formula is C15H27NO2S. The molecule has 1 heterocycles. The molecule has 0 aliphatic carbocycles. The van der Waals surface area contributed by atoms with E-state index in [1.807, 2.05) is 0 Å². The molecule has 2 N–H and O–H groups in total. The molecule has 1 aromatic heterocycles. The molecule has 0 spiro atoms. The molecule has 0 amide bonds. The third-order valence-electron chi connectivity index (χ3n) is 2.93. The van der Waals surface area contributed by atoms with Gasteiger partial charge in [0.15, 0.2) is 0 Å². The fraction of sp³-hybridized carbons (Fsp3) is 0.733. The zero-order chi connectivity index (χ0) is 13.9. The summed E-state index contributed by atoms with van der Waals surface area (Å²) in [5, 5.41) is 13.0. The Balaban J connectivity index is 1.94. The van der Waals surface area contributed by atoms with Gasteiger partial charge in [-0.1, -0.05) is 26.2 Å². The van der Waals surface area contributed by atoms with E-state index < -0.39 is 6.10 Å². The summed E-state index contributed by atoms with van der Waals surface area (Å²) in [6, 6.07) is 4.25. The van der Waals surface area contributed by atoms with E-state index in [2.05, 4.69) is 31.3 Å². The third kappa shape index (κ3) is 8.37. The summed E-state index contributed by atoms with van der Waals surface area (Å²) in [5.41, 5.74) is 0. The number of hydrogen-bond donors (Lipinski definition) is 2. The SMILES string of the molecule is CCCCCCOCC(O)CNCc1ccc(C)s1. The zero-order valence-electron chi connectivity index (χ0n) is 12.2. The zero-order valence-corrected chi connectivity index (χ0v) is 13.0. The standard InChI is InChI=1S/C15H27NO2S/c1-3-4-5-6-9-18-12-14(17)10-16-11-15-8-7-13(2)19-15/h7-8,14,16-17H,3-6,9-12H2,1-2H3. The van der Waals surface area contributed by atoms with Crippen molar-refractivity contribution in [1.82, 2.24) is 5.32 Å². The van der Waals surface area contributed by atoms with Gasteiger partial charge in [0, 0.05) is 29.5 Å². The molecule has 0 saturated heterocycles. The largest absolute Gasteiger partial charge is 0.389 e. The van der Waals surface area contributed by atoms with E-state index in [1.54, 1.807) is 11.3 Å². The summed E-state index contributed by atoms with van der Waals surface area (Å²) in [6.45, 7) is 6.92. The minimum absolute atomic E-state index is 0.410. The van der Waals surface area contributed by atoms with E-state index in [0.717, 1.165) is 19.6 Å². The van der Waals surface area contributed by atoms with Crippen LogP contribution in [-0.2, 0) is 11.3 Å². The van der Waals surface area contributed by atoms with Crippen LogP contribution in [0.4, 0.5) is 0 Å². The van der Waals surface area contributed by atoms with E-state index in [1.165, 1.54) is 29.0 Å². The minimum Gasteiger partial charge on any atom is -0.389 e. The highest BCUT2D eigenvalue weighted by molar-refractivity contribution is 7.11. The summed E-state index contributed by atoms with van der Waals surface area (Å²) in [7, 11) is 0. The van der Waals surface area contributed by atoms with Crippen LogP contribution in [-0.4, -0.2) is 31.0 Å². The molecule has 4 heteroatoms. The van der Waals surface area contributed by atoms with E-state index >= 15 is 0 Å². The molecule has 110 valence electrons. The average molecular weight is 285 g/mol. The van der Waals surface area contributed by atoms with Gasteiger partial charge in [-0.25, -0.2) is 0 Å². The second-order valence-corrected chi connectivity index (χ2v) is 6.31. The summed E-state index contributed by atoms with van der Waals surface area (Å²) >= 11 is 1.79. The molecule has 0 bridgehead atoms. The van der Waals surface area contributed by atoms with Crippen LogP contribution < -0.4 is 5.32 Å². The molecule has 0 radical (unpaired) electrons. The van der Waals surface area contributed by atoms with Crippen molar-refractivity contribution >= 4 is 11.3 Å².